The first-order valence-corrected chi connectivity index (χ1v) is 10.3. The van der Waals surface area contributed by atoms with Gasteiger partial charge >= 0.3 is 6.03 Å². The van der Waals surface area contributed by atoms with Crippen molar-refractivity contribution in [1.29, 1.82) is 0 Å². The van der Waals surface area contributed by atoms with Crippen LogP contribution < -0.4 is 20.3 Å². The number of hydrogen-bond donors (Lipinski definition) is 2. The van der Waals surface area contributed by atoms with Crippen LogP contribution >= 0.6 is 11.3 Å². The van der Waals surface area contributed by atoms with Crippen LogP contribution in [0.25, 0.3) is 10.2 Å². The maximum absolute atomic E-state index is 12.4. The van der Waals surface area contributed by atoms with E-state index in [0.717, 1.165) is 27.2 Å². The molecule has 1 saturated heterocycles. The molecular weight excluding hydrogens is 388 g/mol. The predicted molar refractivity (Wildman–Crippen MR) is 115 cm³/mol. The fraction of sp³-hybridized carbons (Fsp3) is 0.286. The quantitative estimate of drug-likeness (QED) is 0.668. The second kappa shape index (κ2) is 8.08. The standard InChI is InChI=1S/C21H22N4O3S/c1-3-28-16-8-9-17-18(11-16)29-21(23-17)24-20(27)22-14-10-19(26)25(12-14)15-6-4-13(2)5-7-15/h4-9,11,14H,3,10,12H2,1-2H3,(H2,22,23,24,27). The lowest BCUT2D eigenvalue weighted by Crippen LogP contribution is -2.39. The zero-order chi connectivity index (χ0) is 20.4. The van der Waals surface area contributed by atoms with E-state index in [4.69, 9.17) is 4.74 Å². The SMILES string of the molecule is CCOc1ccc2nc(NC(=O)NC3CC(=O)N(c4ccc(C)cc4)C3)sc2c1. The molecule has 0 radical (unpaired) electrons. The Hall–Kier alpha value is -3.13. The number of rotatable bonds is 5. The molecule has 3 amide bonds. The van der Waals surface area contributed by atoms with E-state index in [-0.39, 0.29) is 24.4 Å². The smallest absolute Gasteiger partial charge is 0.321 e. The molecule has 7 nitrogen and oxygen atoms in total. The lowest BCUT2D eigenvalue weighted by atomic mass is 10.2. The minimum absolute atomic E-state index is 0.00240. The molecule has 2 aromatic carbocycles. The van der Waals surface area contributed by atoms with Crippen LogP contribution in [-0.2, 0) is 4.79 Å². The third-order valence-corrected chi connectivity index (χ3v) is 5.63. The van der Waals surface area contributed by atoms with Gasteiger partial charge in [0.15, 0.2) is 5.13 Å². The van der Waals surface area contributed by atoms with Crippen LogP contribution in [0.1, 0.15) is 18.9 Å². The number of aromatic nitrogens is 1. The highest BCUT2D eigenvalue weighted by Crippen LogP contribution is 2.29. The first kappa shape index (κ1) is 19.2. The molecule has 0 saturated carbocycles. The summed E-state index contributed by atoms with van der Waals surface area (Å²) in [5, 5.41) is 6.15. The summed E-state index contributed by atoms with van der Waals surface area (Å²) in [5.41, 5.74) is 2.79. The van der Waals surface area contributed by atoms with Gasteiger partial charge in [-0.15, -0.1) is 0 Å². The van der Waals surface area contributed by atoms with Crippen LogP contribution in [0.15, 0.2) is 42.5 Å². The van der Waals surface area contributed by atoms with Crippen molar-refractivity contribution in [3.05, 3.63) is 48.0 Å². The monoisotopic (exact) mass is 410 g/mol. The molecule has 0 spiro atoms. The second-order valence-electron chi connectivity index (χ2n) is 6.92. The van der Waals surface area contributed by atoms with Crippen LogP contribution in [0, 0.1) is 6.92 Å². The van der Waals surface area contributed by atoms with Gasteiger partial charge in [-0.2, -0.15) is 0 Å². The average Bonchev–Trinajstić information content (AvgIpc) is 3.24. The Morgan fingerprint density at radius 1 is 1.28 bits per heavy atom. The second-order valence-corrected chi connectivity index (χ2v) is 7.95. The van der Waals surface area contributed by atoms with Crippen molar-refractivity contribution in [3.8, 4) is 5.75 Å². The minimum atomic E-state index is -0.363. The molecule has 4 rings (SSSR count). The molecule has 2 heterocycles. The Morgan fingerprint density at radius 3 is 2.83 bits per heavy atom. The molecule has 1 aromatic heterocycles. The lowest BCUT2D eigenvalue weighted by molar-refractivity contribution is -0.117. The molecule has 8 heteroatoms. The Labute approximate surface area is 172 Å². The number of urea groups is 1. The average molecular weight is 410 g/mol. The molecule has 1 unspecified atom stereocenters. The number of aryl methyl sites for hydroxylation is 1. The molecule has 1 aliphatic heterocycles. The van der Waals surface area contributed by atoms with E-state index in [1.165, 1.54) is 11.3 Å². The number of ether oxygens (including phenoxy) is 1. The van der Waals surface area contributed by atoms with Crippen LogP contribution in [0.5, 0.6) is 5.75 Å². The number of fused-ring (bicyclic) bond motifs is 1. The highest BCUT2D eigenvalue weighted by atomic mass is 32.1. The van der Waals surface area contributed by atoms with E-state index < -0.39 is 0 Å². The van der Waals surface area contributed by atoms with E-state index in [1.54, 1.807) is 4.90 Å². The van der Waals surface area contributed by atoms with E-state index in [9.17, 15) is 9.59 Å². The summed E-state index contributed by atoms with van der Waals surface area (Å²) >= 11 is 1.38. The van der Waals surface area contributed by atoms with Crippen LogP contribution in [0.3, 0.4) is 0 Å². The highest BCUT2D eigenvalue weighted by Gasteiger charge is 2.31. The zero-order valence-electron chi connectivity index (χ0n) is 16.3. The highest BCUT2D eigenvalue weighted by molar-refractivity contribution is 7.22. The molecule has 0 aliphatic carbocycles. The minimum Gasteiger partial charge on any atom is -0.494 e. The summed E-state index contributed by atoms with van der Waals surface area (Å²) in [5.74, 6) is 0.780. The molecule has 3 aromatic rings. The van der Waals surface area contributed by atoms with Gasteiger partial charge in [-0.3, -0.25) is 10.1 Å². The molecule has 1 atom stereocenters. The van der Waals surface area contributed by atoms with Gasteiger partial charge in [-0.05, 0) is 44.2 Å². The number of anilines is 2. The van der Waals surface area contributed by atoms with Crippen molar-refractivity contribution < 1.29 is 14.3 Å². The number of amides is 3. The normalized spacial score (nSPS) is 16.3. The fourth-order valence-electron chi connectivity index (χ4n) is 3.31. The fourth-order valence-corrected chi connectivity index (χ4v) is 4.20. The zero-order valence-corrected chi connectivity index (χ0v) is 17.1. The van der Waals surface area contributed by atoms with Gasteiger partial charge in [0.2, 0.25) is 5.91 Å². The number of carbonyl (C=O) groups is 2. The Morgan fingerprint density at radius 2 is 2.07 bits per heavy atom. The molecular formula is C21H22N4O3S. The summed E-state index contributed by atoms with van der Waals surface area (Å²) in [6.45, 7) is 4.98. The Balaban J connectivity index is 1.38. The molecule has 2 N–H and O–H groups in total. The van der Waals surface area contributed by atoms with Crippen molar-refractivity contribution >= 4 is 44.3 Å². The molecule has 150 valence electrons. The van der Waals surface area contributed by atoms with Crippen molar-refractivity contribution in [2.24, 2.45) is 0 Å². The maximum atomic E-state index is 12.4. The lowest BCUT2D eigenvalue weighted by Gasteiger charge is -2.17. The molecule has 0 bridgehead atoms. The van der Waals surface area contributed by atoms with Crippen LogP contribution in [0.4, 0.5) is 15.6 Å². The van der Waals surface area contributed by atoms with Gasteiger partial charge in [0.25, 0.3) is 0 Å². The maximum Gasteiger partial charge on any atom is 0.321 e. The van der Waals surface area contributed by atoms with Gasteiger partial charge in [0, 0.05) is 18.7 Å². The summed E-state index contributed by atoms with van der Waals surface area (Å²) < 4.78 is 6.44. The molecule has 1 fully saturated rings. The number of thiazole rings is 1. The first-order chi connectivity index (χ1) is 14.0. The van der Waals surface area contributed by atoms with Crippen LogP contribution in [0.2, 0.25) is 0 Å². The summed E-state index contributed by atoms with van der Waals surface area (Å²) in [4.78, 5) is 30.9. The van der Waals surface area contributed by atoms with Crippen molar-refractivity contribution in [2.45, 2.75) is 26.3 Å². The number of nitrogens with one attached hydrogen (secondary N) is 2. The number of carbonyl (C=O) groups excluding carboxylic acids is 2. The van der Waals surface area contributed by atoms with E-state index >= 15 is 0 Å². The molecule has 29 heavy (non-hydrogen) atoms. The summed E-state index contributed by atoms with van der Waals surface area (Å²) in [7, 11) is 0. The van der Waals surface area contributed by atoms with E-state index in [0.29, 0.717) is 18.3 Å². The van der Waals surface area contributed by atoms with Gasteiger partial charge in [0.1, 0.15) is 5.75 Å². The topological polar surface area (TPSA) is 83.6 Å². The first-order valence-electron chi connectivity index (χ1n) is 9.50. The van der Waals surface area contributed by atoms with Crippen molar-refractivity contribution in [2.75, 3.05) is 23.4 Å². The van der Waals surface area contributed by atoms with Crippen LogP contribution in [-0.4, -0.2) is 36.1 Å². The third-order valence-electron chi connectivity index (χ3n) is 4.70. The van der Waals surface area contributed by atoms with E-state index in [2.05, 4.69) is 15.6 Å². The van der Waals surface area contributed by atoms with Crippen molar-refractivity contribution in [1.82, 2.24) is 10.3 Å². The summed E-state index contributed by atoms with van der Waals surface area (Å²) in [6, 6.07) is 12.8. The Kier molecular flexibility index (Phi) is 5.35. The number of benzene rings is 2. The number of hydrogen-bond acceptors (Lipinski definition) is 5. The van der Waals surface area contributed by atoms with Gasteiger partial charge in [-0.1, -0.05) is 29.0 Å². The van der Waals surface area contributed by atoms with Gasteiger partial charge in [0.05, 0.1) is 22.9 Å². The van der Waals surface area contributed by atoms with Gasteiger partial charge in [-0.25, -0.2) is 9.78 Å². The Bertz CT molecular complexity index is 1050. The summed E-state index contributed by atoms with van der Waals surface area (Å²) in [6.07, 6.45) is 0.277. The molecule has 1 aliphatic rings. The van der Waals surface area contributed by atoms with Crippen molar-refractivity contribution in [3.63, 3.8) is 0 Å². The number of nitrogens with zero attached hydrogens (tertiary/aromatic N) is 2. The van der Waals surface area contributed by atoms with Gasteiger partial charge < -0.3 is 15.0 Å². The third kappa shape index (κ3) is 4.32. The predicted octanol–water partition coefficient (Wildman–Crippen LogP) is 3.93. The van der Waals surface area contributed by atoms with E-state index in [1.807, 2.05) is 56.3 Å². The largest absolute Gasteiger partial charge is 0.494 e.